The van der Waals surface area contributed by atoms with Crippen molar-refractivity contribution >= 4 is 5.69 Å². The number of hydrogen-bond donors (Lipinski definition) is 0. The molecule has 5 heteroatoms. The summed E-state index contributed by atoms with van der Waals surface area (Å²) in [6.45, 7) is 16.3. The van der Waals surface area contributed by atoms with Gasteiger partial charge in [-0.25, -0.2) is 0 Å². The second-order valence-electron chi connectivity index (χ2n) is 10.2. The minimum atomic E-state index is -0.459. The molecule has 0 spiro atoms. The predicted octanol–water partition coefficient (Wildman–Crippen LogP) is 5.99. The van der Waals surface area contributed by atoms with Crippen molar-refractivity contribution in [2.45, 2.75) is 65.6 Å². The van der Waals surface area contributed by atoms with Gasteiger partial charge in [0.2, 0.25) is 0 Å². The van der Waals surface area contributed by atoms with E-state index in [4.69, 9.17) is 14.2 Å². The van der Waals surface area contributed by atoms with Gasteiger partial charge < -0.3 is 19.1 Å². The van der Waals surface area contributed by atoms with Crippen LogP contribution in [-0.4, -0.2) is 44.1 Å². The molecule has 0 aliphatic carbocycles. The Morgan fingerprint density at radius 1 is 1.00 bits per heavy atom. The third kappa shape index (κ3) is 6.72. The monoisotopic (exact) mass is 450 g/mol. The van der Waals surface area contributed by atoms with Crippen LogP contribution in [0.25, 0.3) is 11.1 Å². The van der Waals surface area contributed by atoms with Crippen molar-refractivity contribution < 1.29 is 14.2 Å². The number of aryl methyl sites for hydroxylation is 1. The molecule has 0 amide bonds. The van der Waals surface area contributed by atoms with Gasteiger partial charge in [-0.3, -0.25) is 0 Å². The molecule has 1 aliphatic heterocycles. The molecular weight excluding hydrogens is 412 g/mol. The number of morpholine rings is 1. The molecule has 3 rings (SSSR count). The molecule has 2 aromatic rings. The molecule has 0 radical (unpaired) electrons. The second-order valence-corrected chi connectivity index (χ2v) is 10.2. The first-order chi connectivity index (χ1) is 15.6. The van der Waals surface area contributed by atoms with Gasteiger partial charge in [0.25, 0.3) is 0 Å². The maximum atomic E-state index is 10.1. The third-order valence-corrected chi connectivity index (χ3v) is 5.90. The van der Waals surface area contributed by atoms with Crippen LogP contribution < -0.4 is 9.64 Å². The second kappa shape index (κ2) is 10.6. The molecular formula is C28H38N2O3. The summed E-state index contributed by atoms with van der Waals surface area (Å²) in [5.74, 6) is 0.690. The SMILES string of the molecule is CCc1ccc(-c2ccc(N3CCOCC3)cc2)c(C#N)c1OC(C)(C)CCOC(C)(C)C. The summed E-state index contributed by atoms with van der Waals surface area (Å²) in [5.41, 5.74) is 4.10. The van der Waals surface area contributed by atoms with Crippen molar-refractivity contribution in [3.63, 3.8) is 0 Å². The van der Waals surface area contributed by atoms with E-state index in [-0.39, 0.29) is 5.60 Å². The topological polar surface area (TPSA) is 54.7 Å². The minimum absolute atomic E-state index is 0.185. The highest BCUT2D eigenvalue weighted by molar-refractivity contribution is 5.76. The van der Waals surface area contributed by atoms with Gasteiger partial charge in [-0.15, -0.1) is 0 Å². The first-order valence-electron chi connectivity index (χ1n) is 12.0. The summed E-state index contributed by atoms with van der Waals surface area (Å²) in [5, 5.41) is 10.1. The molecule has 1 saturated heterocycles. The number of rotatable bonds is 8. The van der Waals surface area contributed by atoms with Crippen LogP contribution in [0.5, 0.6) is 5.75 Å². The smallest absolute Gasteiger partial charge is 0.141 e. The van der Waals surface area contributed by atoms with Crippen LogP contribution in [0.1, 0.15) is 59.1 Å². The average Bonchev–Trinajstić information content (AvgIpc) is 2.78. The van der Waals surface area contributed by atoms with Gasteiger partial charge in [-0.1, -0.05) is 31.2 Å². The summed E-state index contributed by atoms with van der Waals surface area (Å²) in [6, 6.07) is 15.0. The molecule has 5 nitrogen and oxygen atoms in total. The highest BCUT2D eigenvalue weighted by Gasteiger charge is 2.26. The number of nitrogens with zero attached hydrogens (tertiary/aromatic N) is 2. The lowest BCUT2D eigenvalue weighted by Crippen LogP contribution is -2.36. The van der Waals surface area contributed by atoms with E-state index < -0.39 is 5.60 Å². The van der Waals surface area contributed by atoms with Crippen molar-refractivity contribution in [3.05, 3.63) is 47.5 Å². The van der Waals surface area contributed by atoms with E-state index in [0.717, 1.165) is 55.8 Å². The number of benzene rings is 2. The van der Waals surface area contributed by atoms with Gasteiger partial charge in [0, 0.05) is 30.8 Å². The van der Waals surface area contributed by atoms with E-state index >= 15 is 0 Å². The first kappa shape index (κ1) is 25.1. The zero-order chi connectivity index (χ0) is 24.1. The van der Waals surface area contributed by atoms with Crippen LogP contribution >= 0.6 is 0 Å². The van der Waals surface area contributed by atoms with Gasteiger partial charge in [-0.2, -0.15) is 5.26 Å². The quantitative estimate of drug-likeness (QED) is 0.495. The third-order valence-electron chi connectivity index (χ3n) is 5.90. The lowest BCUT2D eigenvalue weighted by molar-refractivity contribution is -0.0294. The maximum Gasteiger partial charge on any atom is 0.141 e. The van der Waals surface area contributed by atoms with Crippen molar-refractivity contribution in [1.82, 2.24) is 0 Å². The van der Waals surface area contributed by atoms with E-state index in [0.29, 0.717) is 17.9 Å². The van der Waals surface area contributed by atoms with Gasteiger partial charge in [0.15, 0.2) is 0 Å². The molecule has 0 unspecified atom stereocenters. The van der Waals surface area contributed by atoms with Crippen LogP contribution in [0.4, 0.5) is 5.69 Å². The fraction of sp³-hybridized carbons (Fsp3) is 0.536. The van der Waals surface area contributed by atoms with Crippen molar-refractivity contribution in [1.29, 1.82) is 5.26 Å². The Hall–Kier alpha value is -2.55. The number of nitriles is 1. The minimum Gasteiger partial charge on any atom is -0.486 e. The van der Waals surface area contributed by atoms with E-state index in [2.05, 4.69) is 82.8 Å². The van der Waals surface area contributed by atoms with Crippen molar-refractivity contribution in [2.24, 2.45) is 0 Å². The Bertz CT molecular complexity index is 962. The molecule has 0 aromatic heterocycles. The van der Waals surface area contributed by atoms with Crippen molar-refractivity contribution in [2.75, 3.05) is 37.8 Å². The molecule has 0 bridgehead atoms. The summed E-state index contributed by atoms with van der Waals surface area (Å²) in [6.07, 6.45) is 1.53. The molecule has 1 heterocycles. The Balaban J connectivity index is 1.87. The standard InChI is InChI=1S/C28H38N2O3/c1-7-21-10-13-24(22-8-11-23(12-9-22)30-15-18-31-19-16-30)25(20-29)26(21)33-28(5,6)14-17-32-27(2,3)4/h8-13H,7,14-19H2,1-6H3. The number of ether oxygens (including phenoxy) is 3. The molecule has 178 valence electrons. The molecule has 2 aromatic carbocycles. The van der Waals surface area contributed by atoms with Crippen LogP contribution in [0.2, 0.25) is 0 Å². The summed E-state index contributed by atoms with van der Waals surface area (Å²) in [7, 11) is 0. The van der Waals surface area contributed by atoms with E-state index in [1.165, 1.54) is 5.69 Å². The van der Waals surface area contributed by atoms with E-state index in [1.54, 1.807) is 0 Å². The van der Waals surface area contributed by atoms with Crippen LogP contribution in [0.15, 0.2) is 36.4 Å². The average molecular weight is 451 g/mol. The van der Waals surface area contributed by atoms with Gasteiger partial charge in [0.1, 0.15) is 23.0 Å². The largest absolute Gasteiger partial charge is 0.486 e. The summed E-state index contributed by atoms with van der Waals surface area (Å²) >= 11 is 0. The molecule has 1 fully saturated rings. The normalized spacial score (nSPS) is 14.8. The molecule has 1 aliphatic rings. The molecule has 33 heavy (non-hydrogen) atoms. The van der Waals surface area contributed by atoms with E-state index in [9.17, 15) is 5.26 Å². The van der Waals surface area contributed by atoms with Crippen molar-refractivity contribution in [3.8, 4) is 22.9 Å². The Morgan fingerprint density at radius 2 is 1.67 bits per heavy atom. The van der Waals surface area contributed by atoms with Gasteiger partial charge >= 0.3 is 0 Å². The summed E-state index contributed by atoms with van der Waals surface area (Å²) < 4.78 is 17.9. The van der Waals surface area contributed by atoms with Gasteiger partial charge in [-0.05, 0) is 64.3 Å². The Morgan fingerprint density at radius 3 is 2.24 bits per heavy atom. The van der Waals surface area contributed by atoms with Crippen LogP contribution in [-0.2, 0) is 15.9 Å². The Labute approximate surface area is 199 Å². The lowest BCUT2D eigenvalue weighted by atomic mass is 9.95. The molecule has 0 saturated carbocycles. The zero-order valence-corrected chi connectivity index (χ0v) is 21.0. The number of anilines is 1. The highest BCUT2D eigenvalue weighted by Crippen LogP contribution is 2.37. The highest BCUT2D eigenvalue weighted by atomic mass is 16.5. The summed E-state index contributed by atoms with van der Waals surface area (Å²) in [4.78, 5) is 2.33. The first-order valence-corrected chi connectivity index (χ1v) is 12.0. The lowest BCUT2D eigenvalue weighted by Gasteiger charge is -2.30. The fourth-order valence-corrected chi connectivity index (χ4v) is 3.98. The Kier molecular flexibility index (Phi) is 8.05. The van der Waals surface area contributed by atoms with Crippen LogP contribution in [0, 0.1) is 11.3 Å². The fourth-order valence-electron chi connectivity index (χ4n) is 3.98. The molecule has 0 atom stereocenters. The maximum absolute atomic E-state index is 10.1. The van der Waals surface area contributed by atoms with E-state index in [1.807, 2.05) is 6.07 Å². The number of hydrogen-bond acceptors (Lipinski definition) is 5. The van der Waals surface area contributed by atoms with Gasteiger partial charge in [0.05, 0.1) is 25.4 Å². The molecule has 0 N–H and O–H groups in total. The van der Waals surface area contributed by atoms with Crippen LogP contribution in [0.3, 0.4) is 0 Å². The predicted molar refractivity (Wildman–Crippen MR) is 134 cm³/mol. The zero-order valence-electron chi connectivity index (χ0n) is 21.0.